The van der Waals surface area contributed by atoms with Crippen molar-refractivity contribution in [3.63, 3.8) is 0 Å². The van der Waals surface area contributed by atoms with Crippen molar-refractivity contribution in [2.45, 2.75) is 103 Å². The van der Waals surface area contributed by atoms with Gasteiger partial charge in [-0.05, 0) is 32.6 Å². The molecule has 7 N–H and O–H groups in total. The molecule has 1 heterocycles. The smallest absolute Gasteiger partial charge is 0.328 e. The summed E-state index contributed by atoms with van der Waals surface area (Å²) < 4.78 is 5.02. The number of rotatable bonds is 16. The van der Waals surface area contributed by atoms with Gasteiger partial charge in [-0.15, -0.1) is 0 Å². The van der Waals surface area contributed by atoms with Crippen LogP contribution in [0.25, 0.3) is 0 Å². The van der Waals surface area contributed by atoms with Crippen molar-refractivity contribution >= 4 is 29.7 Å². The maximum absolute atomic E-state index is 12.1. The van der Waals surface area contributed by atoms with Crippen LogP contribution in [0, 0.1) is 0 Å². The quantitative estimate of drug-likeness (QED) is 0.0943. The van der Waals surface area contributed by atoms with Crippen molar-refractivity contribution in [3.05, 3.63) is 0 Å². The summed E-state index contributed by atoms with van der Waals surface area (Å²) in [5.41, 5.74) is 10.5. The molecule has 0 spiro atoms. The number of carboxylic acids is 1. The number of unbranched alkanes of at least 4 members (excludes halogenated alkanes) is 6. The number of nitrogens with zero attached hydrogens (tertiary/aromatic N) is 1. The van der Waals surface area contributed by atoms with Crippen LogP contribution in [0.1, 0.15) is 90.9 Å². The molecular formula is C23H43N5O6. The summed E-state index contributed by atoms with van der Waals surface area (Å²) in [6.07, 6.45) is 10.3. The van der Waals surface area contributed by atoms with Gasteiger partial charge < -0.3 is 31.9 Å². The first kappa shape index (κ1) is 31.1. The third-order valence-electron chi connectivity index (χ3n) is 5.15. The third kappa shape index (κ3) is 16.7. The standard InChI is InChI=1S/C18H36N4O3.C5H7NO3/c1-3-5-6-7-8-9-10-13-16(23)22-15(17(24)25-4-2)12-11-14-21-18(19)20;7-4-2-1-3(6-4)5(8)9/h15H,3-14H2,1-2H3,(H,22,23)(H4,19,20,21);3H,1-2H2,(H,6,7)(H,8,9)/t15-;/m0./s1. The summed E-state index contributed by atoms with van der Waals surface area (Å²) in [6.45, 7) is 4.65. The lowest BCUT2D eigenvalue weighted by atomic mass is 10.1. The van der Waals surface area contributed by atoms with Crippen LogP contribution in [0.4, 0.5) is 0 Å². The Hall–Kier alpha value is -2.85. The zero-order chi connectivity index (χ0) is 25.8. The van der Waals surface area contributed by atoms with Crippen molar-refractivity contribution in [2.75, 3.05) is 13.2 Å². The molecule has 11 nitrogen and oxygen atoms in total. The van der Waals surface area contributed by atoms with Gasteiger partial charge in [0, 0.05) is 19.4 Å². The summed E-state index contributed by atoms with van der Waals surface area (Å²) in [5.74, 6) is -1.59. The van der Waals surface area contributed by atoms with E-state index in [9.17, 15) is 19.2 Å². The highest BCUT2D eigenvalue weighted by molar-refractivity contribution is 5.87. The van der Waals surface area contributed by atoms with E-state index in [-0.39, 0.29) is 24.4 Å². The minimum absolute atomic E-state index is 0.0238. The SMILES string of the molecule is CCCCCCCCCC(=O)N[C@@H](CCCN=C(N)N)C(=O)OCC.O=C1CCC(C(=O)O)N1. The number of carboxylic acid groups (broad SMARTS) is 1. The van der Waals surface area contributed by atoms with Gasteiger partial charge in [-0.25, -0.2) is 9.59 Å². The molecule has 1 rings (SSSR count). The average Bonchev–Trinajstić information content (AvgIpc) is 3.22. The molecule has 1 aliphatic rings. The molecule has 0 bridgehead atoms. The Morgan fingerprint density at radius 3 is 2.26 bits per heavy atom. The van der Waals surface area contributed by atoms with E-state index in [0.717, 1.165) is 19.3 Å². The number of guanidine groups is 1. The van der Waals surface area contributed by atoms with Crippen LogP contribution >= 0.6 is 0 Å². The average molecular weight is 486 g/mol. The van der Waals surface area contributed by atoms with E-state index in [4.69, 9.17) is 21.3 Å². The van der Waals surface area contributed by atoms with Gasteiger partial charge in [0.2, 0.25) is 11.8 Å². The number of esters is 1. The second kappa shape index (κ2) is 19.6. The number of hydrogen-bond acceptors (Lipinski definition) is 6. The molecule has 196 valence electrons. The molecular weight excluding hydrogens is 442 g/mol. The molecule has 0 aliphatic carbocycles. The van der Waals surface area contributed by atoms with Crippen molar-refractivity contribution in [1.82, 2.24) is 10.6 Å². The first-order valence-electron chi connectivity index (χ1n) is 12.2. The molecule has 0 aromatic carbocycles. The van der Waals surface area contributed by atoms with E-state index in [1.807, 2.05) is 0 Å². The molecule has 1 aliphatic heterocycles. The lowest BCUT2D eigenvalue weighted by molar-refractivity contribution is -0.147. The molecule has 1 saturated heterocycles. The Balaban J connectivity index is 0.000000999. The summed E-state index contributed by atoms with van der Waals surface area (Å²) in [7, 11) is 0. The van der Waals surface area contributed by atoms with Crippen LogP contribution < -0.4 is 22.1 Å². The lowest BCUT2D eigenvalue weighted by Gasteiger charge is -2.17. The number of amides is 2. The van der Waals surface area contributed by atoms with E-state index in [1.165, 1.54) is 25.7 Å². The van der Waals surface area contributed by atoms with E-state index in [1.54, 1.807) is 6.92 Å². The van der Waals surface area contributed by atoms with Crippen molar-refractivity contribution in [3.8, 4) is 0 Å². The van der Waals surface area contributed by atoms with Crippen LogP contribution in [0.3, 0.4) is 0 Å². The van der Waals surface area contributed by atoms with E-state index >= 15 is 0 Å². The highest BCUT2D eigenvalue weighted by atomic mass is 16.5. The van der Waals surface area contributed by atoms with Crippen LogP contribution in [0.15, 0.2) is 4.99 Å². The molecule has 0 aromatic heterocycles. The van der Waals surface area contributed by atoms with Crippen molar-refractivity contribution in [1.29, 1.82) is 0 Å². The predicted octanol–water partition coefficient (Wildman–Crippen LogP) is 1.58. The molecule has 2 amide bonds. The van der Waals surface area contributed by atoms with Gasteiger partial charge in [-0.2, -0.15) is 0 Å². The van der Waals surface area contributed by atoms with Gasteiger partial charge in [0.25, 0.3) is 0 Å². The molecule has 1 unspecified atom stereocenters. The minimum atomic E-state index is -0.944. The largest absolute Gasteiger partial charge is 0.480 e. The number of carbonyl (C=O) groups excluding carboxylic acids is 3. The monoisotopic (exact) mass is 485 g/mol. The van der Waals surface area contributed by atoms with Crippen LogP contribution in [-0.2, 0) is 23.9 Å². The van der Waals surface area contributed by atoms with E-state index < -0.39 is 24.0 Å². The van der Waals surface area contributed by atoms with Gasteiger partial charge in [0.05, 0.1) is 6.61 Å². The normalized spacial score (nSPS) is 15.4. The number of aliphatic imine (C=N–C) groups is 1. The summed E-state index contributed by atoms with van der Waals surface area (Å²) in [6, 6.07) is -1.27. The van der Waals surface area contributed by atoms with Crippen LogP contribution in [0.2, 0.25) is 0 Å². The van der Waals surface area contributed by atoms with E-state index in [2.05, 4.69) is 22.5 Å². The fraction of sp³-hybridized carbons (Fsp3) is 0.783. The Kier molecular flexibility index (Phi) is 18.0. The Morgan fingerprint density at radius 2 is 1.76 bits per heavy atom. The number of ether oxygens (including phenoxy) is 1. The molecule has 1 fully saturated rings. The van der Waals surface area contributed by atoms with Crippen molar-refractivity contribution in [2.24, 2.45) is 16.5 Å². The topological polar surface area (TPSA) is 186 Å². The fourth-order valence-corrected chi connectivity index (χ4v) is 3.30. The Bertz CT molecular complexity index is 652. The first-order chi connectivity index (χ1) is 16.2. The second-order valence-electron chi connectivity index (χ2n) is 8.19. The highest BCUT2D eigenvalue weighted by Crippen LogP contribution is 2.09. The number of hydrogen-bond donors (Lipinski definition) is 5. The molecule has 2 atom stereocenters. The Morgan fingerprint density at radius 1 is 1.12 bits per heavy atom. The van der Waals surface area contributed by atoms with Gasteiger partial charge in [-0.3, -0.25) is 14.6 Å². The zero-order valence-corrected chi connectivity index (χ0v) is 20.6. The maximum atomic E-state index is 12.1. The minimum Gasteiger partial charge on any atom is -0.480 e. The van der Waals surface area contributed by atoms with Crippen molar-refractivity contribution < 1.29 is 29.0 Å². The first-order valence-corrected chi connectivity index (χ1v) is 12.2. The summed E-state index contributed by atoms with van der Waals surface area (Å²) in [5, 5.41) is 13.4. The predicted molar refractivity (Wildman–Crippen MR) is 130 cm³/mol. The zero-order valence-electron chi connectivity index (χ0n) is 20.6. The van der Waals surface area contributed by atoms with Crippen LogP contribution in [-0.4, -0.2) is 60.1 Å². The van der Waals surface area contributed by atoms with Crippen LogP contribution in [0.5, 0.6) is 0 Å². The number of nitrogens with one attached hydrogen (secondary N) is 2. The number of aliphatic carboxylic acids is 1. The lowest BCUT2D eigenvalue weighted by Crippen LogP contribution is -2.42. The molecule has 0 radical (unpaired) electrons. The number of carbonyl (C=O) groups is 4. The highest BCUT2D eigenvalue weighted by Gasteiger charge is 2.26. The molecule has 0 aromatic rings. The second-order valence-corrected chi connectivity index (χ2v) is 8.19. The fourth-order valence-electron chi connectivity index (χ4n) is 3.30. The molecule has 11 heteroatoms. The van der Waals surface area contributed by atoms with E-state index in [0.29, 0.717) is 38.6 Å². The maximum Gasteiger partial charge on any atom is 0.328 e. The molecule has 0 saturated carbocycles. The third-order valence-corrected chi connectivity index (χ3v) is 5.15. The Labute approximate surface area is 202 Å². The number of nitrogens with two attached hydrogens (primary N) is 2. The van der Waals surface area contributed by atoms with Gasteiger partial charge in [0.15, 0.2) is 5.96 Å². The van der Waals surface area contributed by atoms with Gasteiger partial charge in [-0.1, -0.05) is 45.4 Å². The molecule has 34 heavy (non-hydrogen) atoms. The van der Waals surface area contributed by atoms with Gasteiger partial charge in [0.1, 0.15) is 12.1 Å². The summed E-state index contributed by atoms with van der Waals surface area (Å²) in [4.78, 5) is 48.4. The van der Waals surface area contributed by atoms with Gasteiger partial charge >= 0.3 is 11.9 Å². The summed E-state index contributed by atoms with van der Waals surface area (Å²) >= 11 is 0.